The Bertz CT molecular complexity index is 416. The van der Waals surface area contributed by atoms with Crippen LogP contribution in [-0.4, -0.2) is 54.2 Å². The maximum absolute atomic E-state index is 6.30. The molecule has 19 heavy (non-hydrogen) atoms. The molecular formula is C13H22ClN3O2. The fourth-order valence-electron chi connectivity index (χ4n) is 2.36. The highest BCUT2D eigenvalue weighted by molar-refractivity contribution is 6.30. The maximum atomic E-state index is 6.30. The molecular weight excluding hydrogens is 266 g/mol. The van der Waals surface area contributed by atoms with Gasteiger partial charge < -0.3 is 9.47 Å². The molecule has 1 unspecified atom stereocenters. The van der Waals surface area contributed by atoms with Gasteiger partial charge >= 0.3 is 0 Å². The van der Waals surface area contributed by atoms with Crippen LogP contribution in [0.4, 0.5) is 0 Å². The summed E-state index contributed by atoms with van der Waals surface area (Å²) in [5.74, 6) is 0. The number of ether oxygens (including phenoxy) is 2. The first kappa shape index (κ1) is 14.8. The van der Waals surface area contributed by atoms with Crippen molar-refractivity contribution in [2.75, 3.05) is 33.4 Å². The van der Waals surface area contributed by atoms with E-state index in [-0.39, 0.29) is 6.10 Å². The van der Waals surface area contributed by atoms with Gasteiger partial charge in [-0.05, 0) is 13.5 Å². The minimum absolute atomic E-state index is 0.152. The number of likely N-dealkylation sites (N-methyl/N-ethyl adjacent to an activating group) is 1. The van der Waals surface area contributed by atoms with Crippen molar-refractivity contribution in [1.82, 2.24) is 14.7 Å². The third-order valence-corrected chi connectivity index (χ3v) is 3.79. The molecule has 1 aliphatic heterocycles. The van der Waals surface area contributed by atoms with Crippen LogP contribution in [0.25, 0.3) is 0 Å². The lowest BCUT2D eigenvalue weighted by Crippen LogP contribution is -2.38. The molecule has 2 heterocycles. The summed E-state index contributed by atoms with van der Waals surface area (Å²) in [6.07, 6.45) is 1.05. The first-order valence-electron chi connectivity index (χ1n) is 6.70. The highest BCUT2D eigenvalue weighted by Gasteiger charge is 2.19. The van der Waals surface area contributed by atoms with Crippen LogP contribution in [-0.2, 0) is 29.5 Å². The second-order valence-electron chi connectivity index (χ2n) is 4.96. The Morgan fingerprint density at radius 3 is 2.89 bits per heavy atom. The summed E-state index contributed by atoms with van der Waals surface area (Å²) >= 11 is 6.30. The minimum atomic E-state index is 0.152. The maximum Gasteiger partial charge on any atom is 0.131 e. The van der Waals surface area contributed by atoms with Gasteiger partial charge in [0.15, 0.2) is 0 Å². The monoisotopic (exact) mass is 287 g/mol. The lowest BCUT2D eigenvalue weighted by Gasteiger charge is -2.27. The zero-order valence-electron chi connectivity index (χ0n) is 11.9. The normalized spacial score (nSPS) is 20.2. The molecule has 108 valence electrons. The molecule has 1 atom stereocenters. The number of rotatable bonds is 5. The predicted octanol–water partition coefficient (Wildman–Crippen LogP) is 1.48. The molecule has 0 spiro atoms. The van der Waals surface area contributed by atoms with E-state index in [0.29, 0.717) is 19.8 Å². The Kier molecular flexibility index (Phi) is 5.21. The number of aromatic nitrogens is 2. The number of hydrogen-bond donors (Lipinski definition) is 0. The van der Waals surface area contributed by atoms with E-state index in [0.717, 1.165) is 35.9 Å². The van der Waals surface area contributed by atoms with Crippen molar-refractivity contribution in [3.05, 3.63) is 16.4 Å². The summed E-state index contributed by atoms with van der Waals surface area (Å²) < 4.78 is 12.8. The average Bonchev–Trinajstić information content (AvgIpc) is 2.67. The number of aryl methyl sites for hydroxylation is 2. The van der Waals surface area contributed by atoms with Gasteiger partial charge in [0.05, 0.1) is 31.6 Å². The van der Waals surface area contributed by atoms with Crippen molar-refractivity contribution in [1.29, 1.82) is 0 Å². The molecule has 0 aliphatic carbocycles. The fourth-order valence-corrected chi connectivity index (χ4v) is 2.57. The lowest BCUT2D eigenvalue weighted by atomic mass is 10.2. The molecule has 1 aromatic rings. The first-order valence-corrected chi connectivity index (χ1v) is 7.07. The van der Waals surface area contributed by atoms with Crippen molar-refractivity contribution >= 4 is 11.6 Å². The molecule has 1 aromatic heterocycles. The second kappa shape index (κ2) is 6.70. The van der Waals surface area contributed by atoms with E-state index < -0.39 is 0 Å². The molecule has 1 saturated heterocycles. The van der Waals surface area contributed by atoms with Crippen molar-refractivity contribution in [2.45, 2.75) is 26.0 Å². The highest BCUT2D eigenvalue weighted by Crippen LogP contribution is 2.21. The molecule has 0 bridgehead atoms. The fraction of sp³-hybridized carbons (Fsp3) is 0.769. The van der Waals surface area contributed by atoms with Gasteiger partial charge in [-0.1, -0.05) is 18.5 Å². The molecule has 1 aliphatic rings. The van der Waals surface area contributed by atoms with Gasteiger partial charge in [0.2, 0.25) is 0 Å². The van der Waals surface area contributed by atoms with E-state index in [4.69, 9.17) is 21.1 Å². The van der Waals surface area contributed by atoms with Crippen LogP contribution in [0.15, 0.2) is 0 Å². The molecule has 0 saturated carbocycles. The summed E-state index contributed by atoms with van der Waals surface area (Å²) in [6.45, 7) is 5.79. The Morgan fingerprint density at radius 1 is 1.47 bits per heavy atom. The standard InChI is InChI=1S/C13H22ClN3O2/c1-4-12-11(13(14)17(3)15-12)8-16(2)7-10-9-18-5-6-19-10/h10H,4-9H2,1-3H3. The van der Waals surface area contributed by atoms with Crippen LogP contribution in [0, 0.1) is 0 Å². The van der Waals surface area contributed by atoms with E-state index in [1.54, 1.807) is 4.68 Å². The van der Waals surface area contributed by atoms with Crippen molar-refractivity contribution in [3.63, 3.8) is 0 Å². The van der Waals surface area contributed by atoms with E-state index in [1.807, 2.05) is 7.05 Å². The van der Waals surface area contributed by atoms with Crippen molar-refractivity contribution in [2.24, 2.45) is 7.05 Å². The van der Waals surface area contributed by atoms with Crippen LogP contribution >= 0.6 is 11.6 Å². The van der Waals surface area contributed by atoms with Crippen LogP contribution < -0.4 is 0 Å². The van der Waals surface area contributed by atoms with Gasteiger partial charge in [-0.15, -0.1) is 0 Å². The van der Waals surface area contributed by atoms with Crippen LogP contribution in [0.2, 0.25) is 5.15 Å². The van der Waals surface area contributed by atoms with Crippen LogP contribution in [0.3, 0.4) is 0 Å². The summed E-state index contributed by atoms with van der Waals surface area (Å²) in [6, 6.07) is 0. The van der Waals surface area contributed by atoms with Crippen molar-refractivity contribution in [3.8, 4) is 0 Å². The van der Waals surface area contributed by atoms with E-state index in [2.05, 4.69) is 24.0 Å². The number of halogens is 1. The zero-order valence-corrected chi connectivity index (χ0v) is 12.6. The van der Waals surface area contributed by atoms with Gasteiger partial charge in [0.25, 0.3) is 0 Å². The molecule has 0 amide bonds. The summed E-state index contributed by atoms with van der Waals surface area (Å²) in [4.78, 5) is 2.21. The number of hydrogen-bond acceptors (Lipinski definition) is 4. The first-order chi connectivity index (χ1) is 9.11. The Hall–Kier alpha value is -0.620. The van der Waals surface area contributed by atoms with E-state index in [9.17, 15) is 0 Å². The van der Waals surface area contributed by atoms with Gasteiger partial charge in [-0.2, -0.15) is 5.10 Å². The summed E-state index contributed by atoms with van der Waals surface area (Å²) in [7, 11) is 3.95. The highest BCUT2D eigenvalue weighted by atomic mass is 35.5. The number of nitrogens with zero attached hydrogens (tertiary/aromatic N) is 3. The Labute approximate surface area is 119 Å². The molecule has 0 N–H and O–H groups in total. The largest absolute Gasteiger partial charge is 0.376 e. The third-order valence-electron chi connectivity index (χ3n) is 3.32. The molecule has 6 heteroatoms. The van der Waals surface area contributed by atoms with Gasteiger partial charge in [-0.3, -0.25) is 9.58 Å². The average molecular weight is 288 g/mol. The molecule has 2 rings (SSSR count). The molecule has 0 radical (unpaired) electrons. The third kappa shape index (κ3) is 3.69. The lowest BCUT2D eigenvalue weighted by molar-refractivity contribution is -0.0963. The molecule has 0 aromatic carbocycles. The molecule has 5 nitrogen and oxygen atoms in total. The second-order valence-corrected chi connectivity index (χ2v) is 5.32. The van der Waals surface area contributed by atoms with Crippen LogP contribution in [0.5, 0.6) is 0 Å². The minimum Gasteiger partial charge on any atom is -0.376 e. The Balaban J connectivity index is 1.96. The SMILES string of the molecule is CCc1nn(C)c(Cl)c1CN(C)CC1COCCO1. The predicted molar refractivity (Wildman–Crippen MR) is 74.5 cm³/mol. The van der Waals surface area contributed by atoms with Crippen LogP contribution in [0.1, 0.15) is 18.2 Å². The molecule has 1 fully saturated rings. The van der Waals surface area contributed by atoms with Gasteiger partial charge in [0.1, 0.15) is 5.15 Å². The van der Waals surface area contributed by atoms with Gasteiger partial charge in [-0.25, -0.2) is 0 Å². The van der Waals surface area contributed by atoms with E-state index in [1.165, 1.54) is 0 Å². The van der Waals surface area contributed by atoms with Crippen molar-refractivity contribution < 1.29 is 9.47 Å². The summed E-state index contributed by atoms with van der Waals surface area (Å²) in [5, 5.41) is 5.16. The Morgan fingerprint density at radius 2 is 2.26 bits per heavy atom. The summed E-state index contributed by atoms with van der Waals surface area (Å²) in [5.41, 5.74) is 2.19. The zero-order chi connectivity index (χ0) is 13.8. The smallest absolute Gasteiger partial charge is 0.131 e. The van der Waals surface area contributed by atoms with Gasteiger partial charge in [0, 0.05) is 25.7 Å². The van der Waals surface area contributed by atoms with E-state index >= 15 is 0 Å². The quantitative estimate of drug-likeness (QED) is 0.822. The topological polar surface area (TPSA) is 39.5 Å².